The Morgan fingerprint density at radius 3 is 2.39 bits per heavy atom. The molecule has 4 aromatic rings. The summed E-state index contributed by atoms with van der Waals surface area (Å²) in [6.45, 7) is 2.28. The average Bonchev–Trinajstić information content (AvgIpc) is 2.93. The second kappa shape index (κ2) is 10.5. The molecule has 38 heavy (non-hydrogen) atoms. The van der Waals surface area contributed by atoms with Gasteiger partial charge in [-0.1, -0.05) is 80.3 Å². The number of nitrogens with one attached hydrogen (secondary N) is 1. The lowest BCUT2D eigenvalue weighted by atomic mass is 9.58. The molecule has 2 aliphatic rings. The van der Waals surface area contributed by atoms with Crippen LogP contribution in [-0.2, 0) is 4.79 Å². The van der Waals surface area contributed by atoms with Crippen LogP contribution in [0.2, 0.25) is 5.02 Å². The Labute approximate surface area is 230 Å². The van der Waals surface area contributed by atoms with Gasteiger partial charge >= 0.3 is 0 Å². The van der Waals surface area contributed by atoms with Crippen LogP contribution < -0.4 is 5.32 Å². The maximum atomic E-state index is 13.2. The molecular formula is C34H35ClN2O. The smallest absolute Gasteiger partial charge is 0.224 e. The molecule has 0 spiro atoms. The van der Waals surface area contributed by atoms with Crippen LogP contribution in [-0.4, -0.2) is 10.9 Å². The highest BCUT2D eigenvalue weighted by Crippen LogP contribution is 2.52. The molecule has 0 radical (unpaired) electrons. The van der Waals surface area contributed by atoms with Crippen LogP contribution in [0.3, 0.4) is 0 Å². The highest BCUT2D eigenvalue weighted by atomic mass is 35.5. The summed E-state index contributed by atoms with van der Waals surface area (Å²) in [5.41, 5.74) is 6.07. The normalized spacial score (nSPS) is 22.8. The Kier molecular flexibility index (Phi) is 6.97. The molecule has 3 nitrogen and oxygen atoms in total. The van der Waals surface area contributed by atoms with E-state index in [1.165, 1.54) is 38.5 Å². The minimum Gasteiger partial charge on any atom is -0.326 e. The van der Waals surface area contributed by atoms with Gasteiger partial charge < -0.3 is 5.32 Å². The minimum atomic E-state index is 0.145. The number of carbonyl (C=O) groups excluding carboxylic acids is 1. The minimum absolute atomic E-state index is 0.145. The summed E-state index contributed by atoms with van der Waals surface area (Å²) in [5, 5.41) is 4.93. The van der Waals surface area contributed by atoms with Crippen LogP contribution in [0.4, 0.5) is 5.69 Å². The monoisotopic (exact) mass is 522 g/mol. The summed E-state index contributed by atoms with van der Waals surface area (Å²) >= 11 is 6.34. The Hall–Kier alpha value is -3.17. The first-order valence-corrected chi connectivity index (χ1v) is 14.4. The van der Waals surface area contributed by atoms with Gasteiger partial charge in [0, 0.05) is 28.1 Å². The third kappa shape index (κ3) is 5.22. The summed E-state index contributed by atoms with van der Waals surface area (Å²) in [4.78, 5) is 18.1. The van der Waals surface area contributed by atoms with E-state index >= 15 is 0 Å². The molecule has 1 heterocycles. The van der Waals surface area contributed by atoms with Gasteiger partial charge in [-0.2, -0.15) is 0 Å². The van der Waals surface area contributed by atoms with Crippen molar-refractivity contribution in [2.75, 3.05) is 5.32 Å². The topological polar surface area (TPSA) is 42.0 Å². The van der Waals surface area contributed by atoms with Crippen molar-refractivity contribution in [3.63, 3.8) is 0 Å². The van der Waals surface area contributed by atoms with Crippen molar-refractivity contribution in [1.82, 2.24) is 4.98 Å². The van der Waals surface area contributed by atoms with E-state index in [2.05, 4.69) is 42.6 Å². The number of carbonyl (C=O) groups is 1. The number of hydrogen-bond acceptors (Lipinski definition) is 2. The Morgan fingerprint density at radius 2 is 1.68 bits per heavy atom. The molecule has 0 saturated heterocycles. The zero-order chi connectivity index (χ0) is 26.1. The Balaban J connectivity index is 1.22. The number of nitrogens with zero attached hydrogens (tertiary/aromatic N) is 1. The zero-order valence-electron chi connectivity index (χ0n) is 22.1. The third-order valence-corrected chi connectivity index (χ3v) is 9.18. The number of fused-ring (bicyclic) bond motifs is 3. The van der Waals surface area contributed by atoms with E-state index in [1.54, 1.807) is 0 Å². The van der Waals surface area contributed by atoms with Crippen LogP contribution in [0.15, 0.2) is 78.9 Å². The van der Waals surface area contributed by atoms with Crippen molar-refractivity contribution in [2.45, 2.75) is 58.3 Å². The van der Waals surface area contributed by atoms with Gasteiger partial charge in [0.1, 0.15) is 0 Å². The van der Waals surface area contributed by atoms with E-state index in [0.29, 0.717) is 11.4 Å². The molecule has 2 bridgehead atoms. The van der Waals surface area contributed by atoms with Gasteiger partial charge in [0.2, 0.25) is 5.91 Å². The van der Waals surface area contributed by atoms with Gasteiger partial charge in [-0.05, 0) is 90.5 Å². The van der Waals surface area contributed by atoms with Crippen molar-refractivity contribution in [3.8, 4) is 22.4 Å². The van der Waals surface area contributed by atoms with E-state index in [9.17, 15) is 4.79 Å². The molecule has 2 atom stereocenters. The Morgan fingerprint density at radius 1 is 0.947 bits per heavy atom. The van der Waals surface area contributed by atoms with Gasteiger partial charge in [-0.15, -0.1) is 0 Å². The largest absolute Gasteiger partial charge is 0.326 e. The summed E-state index contributed by atoms with van der Waals surface area (Å²) in [6.07, 6.45) is 9.62. The van der Waals surface area contributed by atoms with Crippen LogP contribution in [0, 0.1) is 17.3 Å². The summed E-state index contributed by atoms with van der Waals surface area (Å²) in [7, 11) is 0. The second-order valence-corrected chi connectivity index (χ2v) is 12.0. The maximum absolute atomic E-state index is 13.2. The van der Waals surface area contributed by atoms with Crippen molar-refractivity contribution < 1.29 is 4.79 Å². The summed E-state index contributed by atoms with van der Waals surface area (Å²) in [6, 6.07) is 26.4. The molecule has 0 aliphatic heterocycles. The average molecular weight is 523 g/mol. The predicted octanol–water partition coefficient (Wildman–Crippen LogP) is 9.55. The number of rotatable bonds is 6. The first-order valence-electron chi connectivity index (χ1n) is 14.1. The van der Waals surface area contributed by atoms with Crippen LogP contribution in [0.25, 0.3) is 33.3 Å². The van der Waals surface area contributed by atoms with Gasteiger partial charge in [0.25, 0.3) is 0 Å². The predicted molar refractivity (Wildman–Crippen MR) is 158 cm³/mol. The molecule has 4 heteroatoms. The standard InChI is InChI=1S/C34H35ClN2O/c1-2-34(20-23-7-6-8-24(17-23)21-34)22-33(38)36-28-14-11-26(12-15-28)32-19-29(25-9-4-3-5-10-25)30-18-27(35)13-16-31(30)37-32/h3-5,9-16,18-19,23-24H,2,6-8,17,20-22H2,1H3,(H,36,38). The number of amides is 1. The third-order valence-electron chi connectivity index (χ3n) is 8.94. The number of benzene rings is 3. The lowest BCUT2D eigenvalue weighted by Crippen LogP contribution is -2.38. The highest BCUT2D eigenvalue weighted by Gasteiger charge is 2.42. The summed E-state index contributed by atoms with van der Waals surface area (Å²) < 4.78 is 0. The lowest BCUT2D eigenvalue weighted by Gasteiger charge is -2.47. The molecule has 1 amide bonds. The van der Waals surface area contributed by atoms with Gasteiger partial charge in [-0.25, -0.2) is 4.98 Å². The number of anilines is 1. The highest BCUT2D eigenvalue weighted by molar-refractivity contribution is 6.31. The molecule has 2 saturated carbocycles. The van der Waals surface area contributed by atoms with Gasteiger partial charge in [0.05, 0.1) is 11.2 Å². The SMILES string of the molecule is CCC1(CC(=O)Nc2ccc(-c3cc(-c4ccccc4)c4cc(Cl)ccc4n3)cc2)CC2CCCC(C2)C1. The van der Waals surface area contributed by atoms with Gasteiger partial charge in [0.15, 0.2) is 0 Å². The van der Waals surface area contributed by atoms with Crippen LogP contribution >= 0.6 is 11.6 Å². The van der Waals surface area contributed by atoms with Crippen LogP contribution in [0.1, 0.15) is 58.3 Å². The fourth-order valence-corrected chi connectivity index (χ4v) is 7.28. The number of aromatic nitrogens is 1. The van der Waals surface area contributed by atoms with E-state index in [1.807, 2.05) is 48.5 Å². The van der Waals surface area contributed by atoms with E-state index < -0.39 is 0 Å². The molecule has 6 rings (SSSR count). The van der Waals surface area contributed by atoms with Crippen LogP contribution in [0.5, 0.6) is 0 Å². The molecule has 2 fully saturated rings. The molecule has 194 valence electrons. The van der Waals surface area contributed by atoms with Crippen molar-refractivity contribution in [3.05, 3.63) is 83.9 Å². The van der Waals surface area contributed by atoms with Gasteiger partial charge in [-0.3, -0.25) is 4.79 Å². The van der Waals surface area contributed by atoms with E-state index in [0.717, 1.165) is 57.2 Å². The van der Waals surface area contributed by atoms with E-state index in [-0.39, 0.29) is 11.3 Å². The molecule has 1 aromatic heterocycles. The van der Waals surface area contributed by atoms with E-state index in [4.69, 9.17) is 16.6 Å². The van der Waals surface area contributed by atoms with Crippen molar-refractivity contribution >= 4 is 34.1 Å². The number of pyridine rings is 1. The Bertz CT molecular complexity index is 1440. The molecule has 2 unspecified atom stereocenters. The maximum Gasteiger partial charge on any atom is 0.224 e. The molecule has 3 aromatic carbocycles. The lowest BCUT2D eigenvalue weighted by molar-refractivity contribution is -0.120. The summed E-state index contributed by atoms with van der Waals surface area (Å²) in [5.74, 6) is 1.79. The van der Waals surface area contributed by atoms with Crippen molar-refractivity contribution in [2.24, 2.45) is 17.3 Å². The fourth-order valence-electron chi connectivity index (χ4n) is 7.11. The molecule has 2 aliphatic carbocycles. The first-order chi connectivity index (χ1) is 18.5. The number of halogens is 1. The molecular weight excluding hydrogens is 488 g/mol. The fraction of sp³-hybridized carbons (Fsp3) is 0.353. The first kappa shape index (κ1) is 25.1. The number of hydrogen-bond donors (Lipinski definition) is 1. The second-order valence-electron chi connectivity index (χ2n) is 11.5. The van der Waals surface area contributed by atoms with Crippen molar-refractivity contribution in [1.29, 1.82) is 0 Å². The zero-order valence-corrected chi connectivity index (χ0v) is 22.8. The quantitative estimate of drug-likeness (QED) is 0.274. The molecule has 1 N–H and O–H groups in total.